The van der Waals surface area contributed by atoms with Crippen LogP contribution in [0.4, 0.5) is 29.2 Å². The third kappa shape index (κ3) is 5.37. The lowest BCUT2D eigenvalue weighted by Gasteiger charge is -2.34. The molecule has 2 aromatic heterocycles. The highest BCUT2D eigenvalue weighted by Crippen LogP contribution is 2.45. The molecule has 41 heavy (non-hydrogen) atoms. The van der Waals surface area contributed by atoms with Crippen molar-refractivity contribution in [3.05, 3.63) is 34.1 Å². The van der Waals surface area contributed by atoms with E-state index < -0.39 is 34.4 Å². The largest absolute Gasteiger partial charge is 0.460 e. The number of aliphatic hydroxyl groups is 1. The van der Waals surface area contributed by atoms with Gasteiger partial charge in [0, 0.05) is 30.6 Å². The van der Waals surface area contributed by atoms with Gasteiger partial charge in [0.15, 0.2) is 5.82 Å². The second kappa shape index (κ2) is 10.4. The van der Waals surface area contributed by atoms with Crippen LogP contribution < -0.4 is 20.7 Å². The van der Waals surface area contributed by atoms with Crippen molar-refractivity contribution in [3.8, 4) is 17.3 Å². The van der Waals surface area contributed by atoms with Gasteiger partial charge in [-0.1, -0.05) is 30.9 Å². The first kappa shape index (κ1) is 28.2. The SMILES string of the molecule is Cc1cc(N)nc(-c2c(Cl)cc3c(N4CC5CCC(C4)N5)nc(OCC4(O)CCCCC4)nc3c2F)c1C(F)(F)F. The third-order valence-corrected chi connectivity index (χ3v) is 8.67. The van der Waals surface area contributed by atoms with Crippen molar-refractivity contribution in [1.82, 2.24) is 20.3 Å². The second-order valence-corrected chi connectivity index (χ2v) is 11.9. The number of aromatic nitrogens is 3. The lowest BCUT2D eigenvalue weighted by atomic mass is 9.86. The summed E-state index contributed by atoms with van der Waals surface area (Å²) in [6.07, 6.45) is 0.992. The van der Waals surface area contributed by atoms with Crippen molar-refractivity contribution in [2.75, 3.05) is 30.3 Å². The summed E-state index contributed by atoms with van der Waals surface area (Å²) in [6, 6.07) is 2.74. The van der Waals surface area contributed by atoms with Gasteiger partial charge < -0.3 is 25.8 Å². The van der Waals surface area contributed by atoms with Crippen LogP contribution in [0.1, 0.15) is 56.1 Å². The van der Waals surface area contributed by atoms with Crippen LogP contribution in [0.3, 0.4) is 0 Å². The Morgan fingerprint density at radius 2 is 1.80 bits per heavy atom. The average molecular weight is 595 g/mol. The number of pyridine rings is 1. The van der Waals surface area contributed by atoms with Crippen molar-refractivity contribution in [2.24, 2.45) is 0 Å². The molecule has 3 fully saturated rings. The minimum atomic E-state index is -4.84. The molecule has 6 rings (SSSR count). The van der Waals surface area contributed by atoms with Gasteiger partial charge in [-0.25, -0.2) is 9.37 Å². The molecule has 1 aliphatic carbocycles. The van der Waals surface area contributed by atoms with Crippen LogP contribution in [0, 0.1) is 12.7 Å². The Balaban J connectivity index is 1.52. The maximum Gasteiger partial charge on any atom is 0.418 e. The molecule has 2 unspecified atom stereocenters. The number of aryl methyl sites for hydroxylation is 1. The fourth-order valence-electron chi connectivity index (χ4n) is 6.44. The summed E-state index contributed by atoms with van der Waals surface area (Å²) in [6.45, 7) is 2.35. The van der Waals surface area contributed by atoms with E-state index in [4.69, 9.17) is 22.1 Å². The molecule has 8 nitrogen and oxygen atoms in total. The lowest BCUT2D eigenvalue weighted by molar-refractivity contribution is -0.137. The summed E-state index contributed by atoms with van der Waals surface area (Å²) < 4.78 is 64.7. The first-order valence-corrected chi connectivity index (χ1v) is 14.2. The molecule has 2 atom stereocenters. The van der Waals surface area contributed by atoms with Gasteiger partial charge in [0.1, 0.15) is 23.8 Å². The number of benzene rings is 1. The van der Waals surface area contributed by atoms with E-state index in [9.17, 15) is 18.3 Å². The molecule has 4 N–H and O–H groups in total. The van der Waals surface area contributed by atoms with Crippen molar-refractivity contribution in [3.63, 3.8) is 0 Å². The number of alkyl halides is 3. The fraction of sp³-hybridized carbons (Fsp3) is 0.536. The molecule has 2 aliphatic heterocycles. The van der Waals surface area contributed by atoms with Gasteiger partial charge in [-0.3, -0.25) is 0 Å². The number of fused-ring (bicyclic) bond motifs is 3. The Hall–Kier alpha value is -2.96. The van der Waals surface area contributed by atoms with Crippen molar-refractivity contribution >= 4 is 34.1 Å². The topological polar surface area (TPSA) is 109 Å². The molecule has 0 spiro atoms. The summed E-state index contributed by atoms with van der Waals surface area (Å²) in [5.41, 5.74) is 1.89. The number of piperazine rings is 1. The number of hydrogen-bond donors (Lipinski definition) is 3. The Kier molecular flexibility index (Phi) is 7.14. The zero-order chi connectivity index (χ0) is 29.1. The number of anilines is 2. The van der Waals surface area contributed by atoms with Crippen molar-refractivity contribution in [2.45, 2.75) is 75.7 Å². The van der Waals surface area contributed by atoms with E-state index >= 15 is 4.39 Å². The van der Waals surface area contributed by atoms with Gasteiger partial charge in [-0.2, -0.15) is 23.1 Å². The normalized spacial score (nSPS) is 22.4. The Labute approximate surface area is 239 Å². The predicted molar refractivity (Wildman–Crippen MR) is 148 cm³/mol. The number of ether oxygens (including phenoxy) is 1. The molecule has 0 radical (unpaired) electrons. The van der Waals surface area contributed by atoms with Gasteiger partial charge in [0.05, 0.1) is 27.4 Å². The Morgan fingerprint density at radius 1 is 1.12 bits per heavy atom. The summed E-state index contributed by atoms with van der Waals surface area (Å²) in [5, 5.41) is 14.5. The molecule has 220 valence electrons. The van der Waals surface area contributed by atoms with Crippen LogP contribution in [0.5, 0.6) is 6.01 Å². The van der Waals surface area contributed by atoms with Crippen LogP contribution in [0.15, 0.2) is 12.1 Å². The van der Waals surface area contributed by atoms with E-state index in [1.165, 1.54) is 13.0 Å². The Morgan fingerprint density at radius 3 is 2.46 bits per heavy atom. The van der Waals surface area contributed by atoms with Crippen LogP contribution in [0.2, 0.25) is 5.02 Å². The summed E-state index contributed by atoms with van der Waals surface area (Å²) >= 11 is 6.53. The molecule has 2 saturated heterocycles. The van der Waals surface area contributed by atoms with Gasteiger partial charge >= 0.3 is 12.2 Å². The summed E-state index contributed by atoms with van der Waals surface area (Å²) in [7, 11) is 0. The van der Waals surface area contributed by atoms with Crippen LogP contribution in [-0.2, 0) is 6.18 Å². The van der Waals surface area contributed by atoms with E-state index in [0.717, 1.165) is 38.2 Å². The molecule has 13 heteroatoms. The molecule has 1 aromatic carbocycles. The zero-order valence-electron chi connectivity index (χ0n) is 22.5. The maximum absolute atomic E-state index is 16.5. The minimum absolute atomic E-state index is 0.0823. The number of nitrogens with zero attached hydrogens (tertiary/aromatic N) is 4. The molecule has 4 heterocycles. The molecule has 1 saturated carbocycles. The monoisotopic (exact) mass is 594 g/mol. The summed E-state index contributed by atoms with van der Waals surface area (Å²) in [5.74, 6) is -0.914. The number of rotatable bonds is 5. The quantitative estimate of drug-likeness (QED) is 0.337. The molecule has 2 bridgehead atoms. The van der Waals surface area contributed by atoms with Crippen molar-refractivity contribution in [1.29, 1.82) is 0 Å². The highest BCUT2D eigenvalue weighted by molar-refractivity contribution is 6.34. The smallest absolute Gasteiger partial charge is 0.418 e. The minimum Gasteiger partial charge on any atom is -0.460 e. The highest BCUT2D eigenvalue weighted by atomic mass is 35.5. The van der Waals surface area contributed by atoms with Crippen LogP contribution in [-0.4, -0.2) is 57.4 Å². The molecule has 3 aromatic rings. The van der Waals surface area contributed by atoms with Gasteiger partial charge in [0.2, 0.25) is 0 Å². The third-order valence-electron chi connectivity index (χ3n) is 8.37. The second-order valence-electron chi connectivity index (χ2n) is 11.5. The van der Waals surface area contributed by atoms with E-state index in [0.29, 0.717) is 31.7 Å². The molecular formula is C28H31ClF4N6O2. The summed E-state index contributed by atoms with van der Waals surface area (Å²) in [4.78, 5) is 14.8. The zero-order valence-corrected chi connectivity index (χ0v) is 23.2. The van der Waals surface area contributed by atoms with Gasteiger partial charge in [0.25, 0.3) is 0 Å². The van der Waals surface area contributed by atoms with E-state index in [-0.39, 0.29) is 52.0 Å². The maximum atomic E-state index is 16.5. The number of nitrogens with one attached hydrogen (secondary N) is 1. The fourth-order valence-corrected chi connectivity index (χ4v) is 6.72. The van der Waals surface area contributed by atoms with E-state index in [1.54, 1.807) is 0 Å². The van der Waals surface area contributed by atoms with Crippen LogP contribution >= 0.6 is 11.6 Å². The number of nitrogen functional groups attached to an aromatic ring is 1. The predicted octanol–water partition coefficient (Wildman–Crippen LogP) is 5.41. The average Bonchev–Trinajstić information content (AvgIpc) is 3.23. The standard InChI is InChI=1S/C28H31ClF4N6O2/c1-14-9-19(34)36-24(21(14)28(31,32)33)20-18(29)10-17-23(22(20)30)37-26(41-13-27(40)7-3-2-4-8-27)38-25(17)39-11-15-5-6-16(12-39)35-15/h9-10,15-16,35,40H,2-8,11-13H2,1H3,(H2,34,36). The number of hydrogen-bond acceptors (Lipinski definition) is 8. The number of halogens is 5. The first-order valence-electron chi connectivity index (χ1n) is 13.8. The first-order chi connectivity index (χ1) is 19.4. The lowest BCUT2D eigenvalue weighted by Crippen LogP contribution is -2.51. The van der Waals surface area contributed by atoms with E-state index in [1.807, 2.05) is 4.90 Å². The Bertz CT molecular complexity index is 1490. The van der Waals surface area contributed by atoms with Gasteiger partial charge in [-0.15, -0.1) is 0 Å². The molecular weight excluding hydrogens is 564 g/mol. The number of nitrogens with two attached hydrogens (primary N) is 1. The molecule has 0 amide bonds. The molecule has 3 aliphatic rings. The van der Waals surface area contributed by atoms with Gasteiger partial charge in [-0.05, 0) is 50.3 Å². The van der Waals surface area contributed by atoms with Crippen molar-refractivity contribution < 1.29 is 27.4 Å². The van der Waals surface area contributed by atoms with E-state index in [2.05, 4.69) is 20.3 Å². The van der Waals surface area contributed by atoms with Crippen LogP contribution in [0.25, 0.3) is 22.2 Å². The highest BCUT2D eigenvalue weighted by Gasteiger charge is 2.39.